The van der Waals surface area contributed by atoms with E-state index in [9.17, 15) is 4.79 Å². The molecule has 0 unspecified atom stereocenters. The van der Waals surface area contributed by atoms with Gasteiger partial charge in [-0.05, 0) is 29.0 Å². The molecular formula is C16H25NOS. The minimum atomic E-state index is 0.110. The van der Waals surface area contributed by atoms with Crippen LogP contribution in [-0.4, -0.2) is 18.2 Å². The van der Waals surface area contributed by atoms with Gasteiger partial charge in [-0.25, -0.2) is 0 Å². The number of rotatable bonds is 5. The number of benzene rings is 1. The first-order chi connectivity index (χ1) is 8.79. The van der Waals surface area contributed by atoms with Crippen LogP contribution in [-0.2, 0) is 10.2 Å². The smallest absolute Gasteiger partial charge is 0.230 e. The summed E-state index contributed by atoms with van der Waals surface area (Å²) in [6, 6.07) is 8.49. The van der Waals surface area contributed by atoms with Gasteiger partial charge in [-0.2, -0.15) is 0 Å². The van der Waals surface area contributed by atoms with Crippen molar-refractivity contribution in [2.45, 2.75) is 44.9 Å². The summed E-state index contributed by atoms with van der Waals surface area (Å²) in [4.78, 5) is 12.8. The predicted octanol–water partition coefficient (Wildman–Crippen LogP) is 3.85. The molecule has 1 amide bonds. The molecule has 19 heavy (non-hydrogen) atoms. The fraction of sp³-hybridized carbons (Fsp3) is 0.562. The summed E-state index contributed by atoms with van der Waals surface area (Å²) in [6.07, 6.45) is 0. The van der Waals surface area contributed by atoms with Gasteiger partial charge in [0.2, 0.25) is 5.91 Å². The molecule has 0 aromatic heterocycles. The second-order valence-electron chi connectivity index (χ2n) is 6.26. The average Bonchev–Trinajstić information content (AvgIpc) is 2.33. The third kappa shape index (κ3) is 6.15. The van der Waals surface area contributed by atoms with E-state index in [-0.39, 0.29) is 11.3 Å². The molecule has 0 aliphatic carbocycles. The number of hydrogen-bond donors (Lipinski definition) is 1. The number of carbonyl (C=O) groups is 1. The summed E-state index contributed by atoms with van der Waals surface area (Å²) < 4.78 is 0. The number of carbonyl (C=O) groups excluding carboxylic acids is 1. The summed E-state index contributed by atoms with van der Waals surface area (Å²) in [5, 5.41) is 2.93. The second-order valence-corrected chi connectivity index (χ2v) is 7.31. The minimum absolute atomic E-state index is 0.110. The molecule has 0 aliphatic heterocycles. The van der Waals surface area contributed by atoms with Gasteiger partial charge in [-0.3, -0.25) is 4.79 Å². The maximum atomic E-state index is 11.6. The summed E-state index contributed by atoms with van der Waals surface area (Å²) >= 11 is 1.59. The van der Waals surface area contributed by atoms with Gasteiger partial charge in [0.05, 0.1) is 5.75 Å². The van der Waals surface area contributed by atoms with E-state index in [0.29, 0.717) is 11.7 Å². The Kier molecular flexibility index (Phi) is 5.92. The third-order valence-corrected chi connectivity index (χ3v) is 3.81. The highest BCUT2D eigenvalue weighted by molar-refractivity contribution is 8.00. The van der Waals surface area contributed by atoms with Crippen LogP contribution in [0.25, 0.3) is 0 Å². The summed E-state index contributed by atoms with van der Waals surface area (Å²) in [5.74, 6) is 1.10. The highest BCUT2D eigenvalue weighted by Gasteiger charge is 2.13. The monoisotopic (exact) mass is 279 g/mol. The van der Waals surface area contributed by atoms with Gasteiger partial charge in [-0.1, -0.05) is 46.8 Å². The largest absolute Gasteiger partial charge is 0.355 e. The molecule has 0 spiro atoms. The Morgan fingerprint density at radius 2 is 1.79 bits per heavy atom. The standard InChI is InChI=1S/C16H25NOS/c1-12(2)10-17-15(18)11-19-14-8-6-13(7-9-14)16(3,4)5/h6-9,12H,10-11H2,1-5H3,(H,17,18). The lowest BCUT2D eigenvalue weighted by Gasteiger charge is -2.19. The van der Waals surface area contributed by atoms with Crippen molar-refractivity contribution in [2.24, 2.45) is 5.92 Å². The summed E-state index contributed by atoms with van der Waals surface area (Å²) in [7, 11) is 0. The van der Waals surface area contributed by atoms with E-state index < -0.39 is 0 Å². The van der Waals surface area contributed by atoms with E-state index in [4.69, 9.17) is 0 Å². The maximum absolute atomic E-state index is 11.6. The molecule has 1 rings (SSSR count). The van der Waals surface area contributed by atoms with Crippen LogP contribution >= 0.6 is 11.8 Å². The molecule has 1 aromatic rings. The number of thioether (sulfide) groups is 1. The van der Waals surface area contributed by atoms with Gasteiger partial charge in [0.25, 0.3) is 0 Å². The van der Waals surface area contributed by atoms with Crippen molar-refractivity contribution in [3.63, 3.8) is 0 Å². The van der Waals surface area contributed by atoms with Crippen molar-refractivity contribution in [1.82, 2.24) is 5.32 Å². The van der Waals surface area contributed by atoms with E-state index in [1.807, 2.05) is 0 Å². The zero-order valence-corrected chi connectivity index (χ0v) is 13.4. The van der Waals surface area contributed by atoms with E-state index in [2.05, 4.69) is 64.2 Å². The van der Waals surface area contributed by atoms with Gasteiger partial charge in [0.15, 0.2) is 0 Å². The lowest BCUT2D eigenvalue weighted by Crippen LogP contribution is -2.28. The molecule has 106 valence electrons. The first-order valence-electron chi connectivity index (χ1n) is 6.79. The van der Waals surface area contributed by atoms with Gasteiger partial charge >= 0.3 is 0 Å². The molecular weight excluding hydrogens is 254 g/mol. The molecule has 0 bridgehead atoms. The normalized spacial score (nSPS) is 11.7. The average molecular weight is 279 g/mol. The minimum Gasteiger partial charge on any atom is -0.355 e. The van der Waals surface area contributed by atoms with Crippen molar-refractivity contribution < 1.29 is 4.79 Å². The van der Waals surface area contributed by atoms with Crippen molar-refractivity contribution in [1.29, 1.82) is 0 Å². The first-order valence-corrected chi connectivity index (χ1v) is 7.77. The van der Waals surface area contributed by atoms with Crippen molar-refractivity contribution in [3.8, 4) is 0 Å². The number of amides is 1. The molecule has 0 saturated carbocycles. The fourth-order valence-corrected chi connectivity index (χ4v) is 2.30. The van der Waals surface area contributed by atoms with Gasteiger partial charge in [0.1, 0.15) is 0 Å². The van der Waals surface area contributed by atoms with Gasteiger partial charge in [-0.15, -0.1) is 11.8 Å². The Labute approximate surface area is 121 Å². The van der Waals surface area contributed by atoms with Crippen LogP contribution < -0.4 is 5.32 Å². The Morgan fingerprint density at radius 3 is 2.26 bits per heavy atom. The number of hydrogen-bond acceptors (Lipinski definition) is 2. The molecule has 0 aliphatic rings. The van der Waals surface area contributed by atoms with E-state index in [1.54, 1.807) is 11.8 Å². The predicted molar refractivity (Wildman–Crippen MR) is 83.7 cm³/mol. The Bertz CT molecular complexity index is 404. The van der Waals surface area contributed by atoms with Crippen molar-refractivity contribution in [3.05, 3.63) is 29.8 Å². The second kappa shape index (κ2) is 6.99. The van der Waals surface area contributed by atoms with Crippen molar-refractivity contribution >= 4 is 17.7 Å². The molecule has 1 N–H and O–H groups in total. The highest BCUT2D eigenvalue weighted by atomic mass is 32.2. The lowest BCUT2D eigenvalue weighted by molar-refractivity contribution is -0.118. The van der Waals surface area contributed by atoms with Crippen LogP contribution in [0.5, 0.6) is 0 Å². The van der Waals surface area contributed by atoms with Crippen LogP contribution in [0.4, 0.5) is 0 Å². The van der Waals surface area contributed by atoms with E-state index in [0.717, 1.165) is 11.4 Å². The van der Waals surface area contributed by atoms with Crippen LogP contribution in [0.3, 0.4) is 0 Å². The number of nitrogens with one attached hydrogen (secondary N) is 1. The molecule has 0 heterocycles. The zero-order chi connectivity index (χ0) is 14.5. The van der Waals surface area contributed by atoms with E-state index in [1.165, 1.54) is 5.56 Å². The van der Waals surface area contributed by atoms with Gasteiger partial charge in [0, 0.05) is 11.4 Å². The Hall–Kier alpha value is -0.960. The Balaban J connectivity index is 2.44. The SMILES string of the molecule is CC(C)CNC(=O)CSc1ccc(C(C)(C)C)cc1. The van der Waals surface area contributed by atoms with Crippen LogP contribution in [0.2, 0.25) is 0 Å². The molecule has 3 heteroatoms. The molecule has 2 nitrogen and oxygen atoms in total. The third-order valence-electron chi connectivity index (χ3n) is 2.80. The molecule has 0 fully saturated rings. The molecule has 1 aromatic carbocycles. The van der Waals surface area contributed by atoms with Crippen molar-refractivity contribution in [2.75, 3.05) is 12.3 Å². The summed E-state index contributed by atoms with van der Waals surface area (Å²) in [6.45, 7) is 11.6. The topological polar surface area (TPSA) is 29.1 Å². The summed E-state index contributed by atoms with van der Waals surface area (Å²) in [5.41, 5.74) is 1.50. The van der Waals surface area contributed by atoms with E-state index >= 15 is 0 Å². The first kappa shape index (κ1) is 16.1. The quantitative estimate of drug-likeness (QED) is 0.830. The molecule has 0 saturated heterocycles. The zero-order valence-electron chi connectivity index (χ0n) is 12.6. The molecule has 0 radical (unpaired) electrons. The molecule has 0 atom stereocenters. The highest BCUT2D eigenvalue weighted by Crippen LogP contribution is 2.25. The van der Waals surface area contributed by atoms with Crippen LogP contribution in [0.15, 0.2) is 29.2 Å². The fourth-order valence-electron chi connectivity index (χ4n) is 1.57. The lowest BCUT2D eigenvalue weighted by atomic mass is 9.87. The Morgan fingerprint density at radius 1 is 1.21 bits per heavy atom. The van der Waals surface area contributed by atoms with Crippen LogP contribution in [0.1, 0.15) is 40.2 Å². The van der Waals surface area contributed by atoms with Gasteiger partial charge < -0.3 is 5.32 Å². The maximum Gasteiger partial charge on any atom is 0.230 e. The van der Waals surface area contributed by atoms with Crippen LogP contribution in [0, 0.1) is 5.92 Å².